The van der Waals surface area contributed by atoms with Crippen molar-refractivity contribution >= 4 is 26.0 Å². The Kier molecular flexibility index (Phi) is 4.31. The number of aromatic nitrogens is 2. The molecule has 108 valence electrons. The van der Waals surface area contributed by atoms with E-state index in [1.165, 1.54) is 0 Å². The number of sulfonamides is 1. The fourth-order valence-electron chi connectivity index (χ4n) is 2.18. The van der Waals surface area contributed by atoms with Crippen LogP contribution < -0.4 is 5.14 Å². The zero-order chi connectivity index (χ0) is 14.9. The number of para-hydroxylation sites is 1. The standard InChI is InChI=1S/C13H16BrN3O2S/c1-3-10-13(20(15,18)19)11(4-2)17(16-10)12-8-6-5-7-9(12)14/h5-8H,3-4H2,1-2H3,(H2,15,18,19). The number of hydrogen-bond acceptors (Lipinski definition) is 3. The number of nitrogens with zero attached hydrogens (tertiary/aromatic N) is 2. The van der Waals surface area contributed by atoms with Gasteiger partial charge in [0.1, 0.15) is 4.90 Å². The molecule has 0 spiro atoms. The minimum absolute atomic E-state index is 0.151. The number of primary sulfonamides is 1. The molecule has 0 fully saturated rings. The van der Waals surface area contributed by atoms with Crippen LogP contribution in [0, 0.1) is 0 Å². The van der Waals surface area contributed by atoms with Crippen molar-refractivity contribution in [2.24, 2.45) is 5.14 Å². The van der Waals surface area contributed by atoms with Crippen LogP contribution in [0.4, 0.5) is 0 Å². The maximum absolute atomic E-state index is 11.8. The zero-order valence-corrected chi connectivity index (χ0v) is 13.7. The van der Waals surface area contributed by atoms with E-state index in [1.807, 2.05) is 38.1 Å². The summed E-state index contributed by atoms with van der Waals surface area (Å²) < 4.78 is 26.2. The maximum Gasteiger partial charge on any atom is 0.241 e. The molecule has 0 bridgehead atoms. The number of halogens is 1. The van der Waals surface area contributed by atoms with Gasteiger partial charge in [0.2, 0.25) is 10.0 Å². The molecule has 20 heavy (non-hydrogen) atoms. The molecular formula is C13H16BrN3O2S. The van der Waals surface area contributed by atoms with E-state index in [-0.39, 0.29) is 4.90 Å². The molecule has 2 N–H and O–H groups in total. The summed E-state index contributed by atoms with van der Waals surface area (Å²) in [5.74, 6) is 0. The third-order valence-corrected chi connectivity index (χ3v) is 4.75. The molecule has 5 nitrogen and oxygen atoms in total. The Balaban J connectivity index is 2.80. The highest BCUT2D eigenvalue weighted by Gasteiger charge is 2.25. The molecule has 2 rings (SSSR count). The summed E-state index contributed by atoms with van der Waals surface area (Å²) in [4.78, 5) is 0.151. The van der Waals surface area contributed by atoms with Crippen LogP contribution in [0.2, 0.25) is 0 Å². The molecule has 2 aromatic rings. The average molecular weight is 358 g/mol. The van der Waals surface area contributed by atoms with E-state index in [2.05, 4.69) is 21.0 Å². The van der Waals surface area contributed by atoms with Crippen LogP contribution in [0.15, 0.2) is 33.6 Å². The first-order valence-electron chi connectivity index (χ1n) is 6.28. The summed E-state index contributed by atoms with van der Waals surface area (Å²) in [5, 5.41) is 9.77. The molecule has 0 unspecified atom stereocenters. The minimum Gasteiger partial charge on any atom is -0.235 e. The predicted molar refractivity (Wildman–Crippen MR) is 81.4 cm³/mol. The summed E-state index contributed by atoms with van der Waals surface area (Å²) in [6.07, 6.45) is 1.04. The van der Waals surface area contributed by atoms with Crippen LogP contribution in [0.5, 0.6) is 0 Å². The summed E-state index contributed by atoms with van der Waals surface area (Å²) in [6, 6.07) is 7.54. The van der Waals surface area contributed by atoms with Gasteiger partial charge in [-0.2, -0.15) is 5.10 Å². The highest BCUT2D eigenvalue weighted by atomic mass is 79.9. The van der Waals surface area contributed by atoms with Crippen molar-refractivity contribution < 1.29 is 8.42 Å². The summed E-state index contributed by atoms with van der Waals surface area (Å²) >= 11 is 3.46. The van der Waals surface area contributed by atoms with Crippen LogP contribution in [0.3, 0.4) is 0 Å². The number of hydrogen-bond donors (Lipinski definition) is 1. The van der Waals surface area contributed by atoms with Gasteiger partial charge in [0.05, 0.1) is 17.1 Å². The smallest absolute Gasteiger partial charge is 0.235 e. The largest absolute Gasteiger partial charge is 0.241 e. The topological polar surface area (TPSA) is 78.0 Å². The van der Waals surface area contributed by atoms with E-state index in [0.717, 1.165) is 10.2 Å². The number of nitrogens with two attached hydrogens (primary N) is 1. The Labute approximate surface area is 127 Å². The molecule has 0 atom stereocenters. The van der Waals surface area contributed by atoms with E-state index >= 15 is 0 Å². The van der Waals surface area contributed by atoms with Crippen LogP contribution in [-0.4, -0.2) is 18.2 Å². The van der Waals surface area contributed by atoms with Gasteiger partial charge in [-0.15, -0.1) is 0 Å². The molecule has 0 saturated carbocycles. The highest BCUT2D eigenvalue weighted by Crippen LogP contribution is 2.27. The fourth-order valence-corrected chi connectivity index (χ4v) is 3.71. The second kappa shape index (κ2) is 5.67. The molecule has 1 aromatic carbocycles. The first kappa shape index (κ1) is 15.2. The van der Waals surface area contributed by atoms with Crippen LogP contribution in [-0.2, 0) is 22.9 Å². The molecular weight excluding hydrogens is 342 g/mol. The van der Waals surface area contributed by atoms with Gasteiger partial charge in [0, 0.05) is 4.47 Å². The lowest BCUT2D eigenvalue weighted by Gasteiger charge is -2.08. The lowest BCUT2D eigenvalue weighted by Crippen LogP contribution is -2.16. The first-order chi connectivity index (χ1) is 9.40. The van der Waals surface area contributed by atoms with Crippen molar-refractivity contribution in [1.29, 1.82) is 0 Å². The van der Waals surface area contributed by atoms with Gasteiger partial charge in [-0.3, -0.25) is 0 Å². The van der Waals surface area contributed by atoms with Gasteiger partial charge < -0.3 is 0 Å². The van der Waals surface area contributed by atoms with Crippen LogP contribution in [0.1, 0.15) is 25.2 Å². The van der Waals surface area contributed by atoms with Crippen LogP contribution in [0.25, 0.3) is 5.69 Å². The van der Waals surface area contributed by atoms with Gasteiger partial charge in [-0.25, -0.2) is 18.2 Å². The monoisotopic (exact) mass is 357 g/mol. The molecule has 1 heterocycles. The summed E-state index contributed by atoms with van der Waals surface area (Å²) in [5.41, 5.74) is 1.91. The maximum atomic E-state index is 11.8. The van der Waals surface area contributed by atoms with E-state index < -0.39 is 10.0 Å². The second-order valence-corrected chi connectivity index (χ2v) is 6.69. The second-order valence-electron chi connectivity index (χ2n) is 4.34. The SMILES string of the molecule is CCc1nn(-c2ccccc2Br)c(CC)c1S(N)(=O)=O. The Hall–Kier alpha value is -1.18. The first-order valence-corrected chi connectivity index (χ1v) is 8.62. The molecule has 0 radical (unpaired) electrons. The highest BCUT2D eigenvalue weighted by molar-refractivity contribution is 9.10. The van der Waals surface area contributed by atoms with Crippen molar-refractivity contribution in [1.82, 2.24) is 9.78 Å². The molecule has 0 aliphatic heterocycles. The quantitative estimate of drug-likeness (QED) is 0.912. The average Bonchev–Trinajstić information content (AvgIpc) is 2.77. The lowest BCUT2D eigenvalue weighted by atomic mass is 10.2. The van der Waals surface area contributed by atoms with Crippen molar-refractivity contribution in [2.75, 3.05) is 0 Å². The van der Waals surface area contributed by atoms with Crippen LogP contribution >= 0.6 is 15.9 Å². The van der Waals surface area contributed by atoms with Crippen molar-refractivity contribution in [3.63, 3.8) is 0 Å². The predicted octanol–water partition coefficient (Wildman–Crippen LogP) is 2.41. The van der Waals surface area contributed by atoms with E-state index in [0.29, 0.717) is 24.2 Å². The molecule has 1 aromatic heterocycles. The lowest BCUT2D eigenvalue weighted by molar-refractivity contribution is 0.595. The van der Waals surface area contributed by atoms with Gasteiger partial charge in [0.25, 0.3) is 0 Å². The third kappa shape index (κ3) is 2.65. The van der Waals surface area contributed by atoms with Gasteiger partial charge in [-0.1, -0.05) is 26.0 Å². The Bertz CT molecular complexity index is 738. The molecule has 0 aliphatic rings. The minimum atomic E-state index is -3.79. The van der Waals surface area contributed by atoms with Gasteiger partial charge >= 0.3 is 0 Å². The van der Waals surface area contributed by atoms with Crippen molar-refractivity contribution in [3.05, 3.63) is 40.1 Å². The van der Waals surface area contributed by atoms with E-state index in [9.17, 15) is 8.42 Å². The number of rotatable bonds is 4. The number of benzene rings is 1. The van der Waals surface area contributed by atoms with Crippen molar-refractivity contribution in [3.8, 4) is 5.69 Å². The normalized spacial score (nSPS) is 11.8. The van der Waals surface area contributed by atoms with E-state index in [4.69, 9.17) is 5.14 Å². The van der Waals surface area contributed by atoms with Crippen molar-refractivity contribution in [2.45, 2.75) is 31.6 Å². The summed E-state index contributed by atoms with van der Waals surface area (Å²) in [6.45, 7) is 3.75. The summed E-state index contributed by atoms with van der Waals surface area (Å²) in [7, 11) is -3.79. The Morgan fingerprint density at radius 1 is 1.25 bits per heavy atom. The molecule has 0 saturated heterocycles. The third-order valence-electron chi connectivity index (χ3n) is 3.04. The Morgan fingerprint density at radius 3 is 2.40 bits per heavy atom. The number of aryl methyl sites for hydroxylation is 1. The fraction of sp³-hybridized carbons (Fsp3) is 0.308. The zero-order valence-electron chi connectivity index (χ0n) is 11.3. The van der Waals surface area contributed by atoms with Gasteiger partial charge in [0.15, 0.2) is 0 Å². The molecule has 0 aliphatic carbocycles. The molecule has 7 heteroatoms. The Morgan fingerprint density at radius 2 is 1.90 bits per heavy atom. The van der Waals surface area contributed by atoms with Gasteiger partial charge in [-0.05, 0) is 40.9 Å². The molecule has 0 amide bonds. The van der Waals surface area contributed by atoms with E-state index in [1.54, 1.807) is 4.68 Å².